The summed E-state index contributed by atoms with van der Waals surface area (Å²) in [6.45, 7) is -0.00620. The Labute approximate surface area is 147 Å². The minimum Gasteiger partial charge on any atom is -0.489 e. The summed E-state index contributed by atoms with van der Waals surface area (Å²) >= 11 is 0. The lowest BCUT2D eigenvalue weighted by Crippen LogP contribution is -2.07. The highest BCUT2D eigenvalue weighted by atomic mass is 19.1. The average Bonchev–Trinajstić information content (AvgIpc) is 2.59. The van der Waals surface area contributed by atoms with Gasteiger partial charge in [-0.2, -0.15) is 10.2 Å². The van der Waals surface area contributed by atoms with Crippen molar-refractivity contribution in [3.05, 3.63) is 65.2 Å². The molecule has 0 fully saturated rings. The Morgan fingerprint density at radius 1 is 1.04 bits per heavy atom. The molecule has 0 radical (unpaired) electrons. The van der Waals surface area contributed by atoms with Gasteiger partial charge in [0.25, 0.3) is 0 Å². The summed E-state index contributed by atoms with van der Waals surface area (Å²) < 4.78 is 32.1. The molecule has 0 atom stereocenters. The van der Waals surface area contributed by atoms with Crippen LogP contribution in [0.15, 0.2) is 42.5 Å². The van der Waals surface area contributed by atoms with Crippen molar-refractivity contribution in [1.29, 1.82) is 5.26 Å². The fraction of sp³-hybridized carbons (Fsp3) is 0.0556. The van der Waals surface area contributed by atoms with Gasteiger partial charge in [0.15, 0.2) is 0 Å². The maximum atomic E-state index is 13.3. The smallest absolute Gasteiger partial charge is 0.222 e. The lowest BCUT2D eigenvalue weighted by Gasteiger charge is -2.13. The third-order valence-corrected chi connectivity index (χ3v) is 3.57. The first-order chi connectivity index (χ1) is 12.5. The van der Waals surface area contributed by atoms with Crippen LogP contribution < -0.4 is 16.2 Å². The van der Waals surface area contributed by atoms with Gasteiger partial charge < -0.3 is 16.2 Å². The van der Waals surface area contributed by atoms with E-state index in [0.717, 1.165) is 18.2 Å². The molecule has 1 heterocycles. The molecule has 0 unspecified atom stereocenters. The Balaban J connectivity index is 1.98. The molecule has 6 nitrogen and oxygen atoms in total. The van der Waals surface area contributed by atoms with E-state index in [9.17, 15) is 14.0 Å². The minimum atomic E-state index is -0.739. The zero-order valence-electron chi connectivity index (χ0n) is 13.4. The Morgan fingerprint density at radius 3 is 2.42 bits per heavy atom. The fourth-order valence-corrected chi connectivity index (χ4v) is 2.45. The van der Waals surface area contributed by atoms with E-state index in [1.807, 2.05) is 6.07 Å². The summed E-state index contributed by atoms with van der Waals surface area (Å²) in [5.74, 6) is -1.54. The van der Waals surface area contributed by atoms with Gasteiger partial charge in [0.05, 0.1) is 5.69 Å². The number of nitrogens with two attached hydrogens (primary N) is 2. The zero-order valence-corrected chi connectivity index (χ0v) is 13.4. The fourth-order valence-electron chi connectivity index (χ4n) is 2.45. The first-order valence-corrected chi connectivity index (χ1v) is 7.48. The predicted octanol–water partition coefficient (Wildman–Crippen LogP) is 3.04. The van der Waals surface area contributed by atoms with Gasteiger partial charge in [-0.1, -0.05) is 24.3 Å². The van der Waals surface area contributed by atoms with Crippen LogP contribution in [-0.2, 0) is 6.61 Å². The minimum absolute atomic E-state index is 0.00620. The lowest BCUT2D eigenvalue weighted by molar-refractivity contribution is 0.303. The van der Waals surface area contributed by atoms with E-state index in [4.69, 9.17) is 16.2 Å². The maximum Gasteiger partial charge on any atom is 0.222 e. The van der Waals surface area contributed by atoms with E-state index in [1.54, 1.807) is 24.3 Å². The molecule has 0 aliphatic rings. The van der Waals surface area contributed by atoms with E-state index in [1.165, 1.54) is 0 Å². The van der Waals surface area contributed by atoms with E-state index in [-0.39, 0.29) is 35.4 Å². The molecule has 0 saturated carbocycles. The van der Waals surface area contributed by atoms with Crippen LogP contribution in [0, 0.1) is 23.0 Å². The van der Waals surface area contributed by atoms with Crippen LogP contribution in [0.2, 0.25) is 0 Å². The summed E-state index contributed by atoms with van der Waals surface area (Å²) in [5.41, 5.74) is 12.9. The van der Waals surface area contributed by atoms with Gasteiger partial charge in [0.1, 0.15) is 41.4 Å². The van der Waals surface area contributed by atoms with Gasteiger partial charge in [0.2, 0.25) is 5.95 Å². The van der Waals surface area contributed by atoms with Crippen LogP contribution in [0.25, 0.3) is 11.3 Å². The molecule has 1 aromatic heterocycles. The van der Waals surface area contributed by atoms with Gasteiger partial charge in [-0.15, -0.1) is 0 Å². The van der Waals surface area contributed by atoms with Gasteiger partial charge in [-0.25, -0.2) is 13.8 Å². The van der Waals surface area contributed by atoms with Gasteiger partial charge in [-0.3, -0.25) is 0 Å². The number of hydrogen-bond acceptors (Lipinski definition) is 6. The normalized spacial score (nSPS) is 10.3. The summed E-state index contributed by atoms with van der Waals surface area (Å²) in [6.07, 6.45) is 0. The molecule has 130 valence electrons. The average molecular weight is 353 g/mol. The summed E-state index contributed by atoms with van der Waals surface area (Å²) in [4.78, 5) is 7.89. The topological polar surface area (TPSA) is 111 Å². The number of nitrogens with zero attached hydrogens (tertiary/aromatic N) is 3. The van der Waals surface area contributed by atoms with Crippen molar-refractivity contribution in [2.75, 3.05) is 11.5 Å². The number of anilines is 2. The van der Waals surface area contributed by atoms with E-state index in [0.29, 0.717) is 11.1 Å². The Hall–Kier alpha value is -3.73. The third kappa shape index (κ3) is 3.52. The molecule has 0 amide bonds. The maximum absolute atomic E-state index is 13.3. The third-order valence-electron chi connectivity index (χ3n) is 3.57. The van der Waals surface area contributed by atoms with Crippen molar-refractivity contribution in [1.82, 2.24) is 9.97 Å². The molecule has 0 bridgehead atoms. The van der Waals surface area contributed by atoms with Crippen molar-refractivity contribution >= 4 is 11.8 Å². The molecule has 26 heavy (non-hydrogen) atoms. The Bertz CT molecular complexity index is 997. The van der Waals surface area contributed by atoms with Crippen LogP contribution in [0.4, 0.5) is 20.5 Å². The quantitative estimate of drug-likeness (QED) is 0.746. The number of benzene rings is 2. The predicted molar refractivity (Wildman–Crippen MR) is 91.7 cm³/mol. The highest BCUT2D eigenvalue weighted by molar-refractivity contribution is 5.75. The Morgan fingerprint density at radius 2 is 1.73 bits per heavy atom. The number of nitrogen functional groups attached to an aromatic ring is 2. The van der Waals surface area contributed by atoms with E-state index in [2.05, 4.69) is 9.97 Å². The van der Waals surface area contributed by atoms with Crippen molar-refractivity contribution in [3.63, 3.8) is 0 Å². The Kier molecular flexibility index (Phi) is 4.62. The van der Waals surface area contributed by atoms with Crippen molar-refractivity contribution in [3.8, 4) is 23.1 Å². The van der Waals surface area contributed by atoms with E-state index >= 15 is 0 Å². The second-order valence-electron chi connectivity index (χ2n) is 5.35. The molecule has 4 N–H and O–H groups in total. The number of nitriles is 1. The number of ether oxygens (including phenoxy) is 1. The SMILES string of the molecule is N#Cc1c(N)nc(N)nc1-c1ccccc1COc1cc(F)cc(F)c1. The largest absolute Gasteiger partial charge is 0.489 e. The lowest BCUT2D eigenvalue weighted by atomic mass is 10.0. The molecule has 0 aliphatic heterocycles. The van der Waals surface area contributed by atoms with Gasteiger partial charge >= 0.3 is 0 Å². The van der Waals surface area contributed by atoms with Gasteiger partial charge in [-0.05, 0) is 5.56 Å². The molecule has 3 aromatic rings. The van der Waals surface area contributed by atoms with Crippen LogP contribution in [-0.4, -0.2) is 9.97 Å². The molecule has 3 rings (SSSR count). The molecule has 2 aromatic carbocycles. The standard InChI is InChI=1S/C18H13F2N5O/c19-11-5-12(20)7-13(6-11)26-9-10-3-1-2-4-14(10)16-15(8-21)17(22)25-18(23)24-16/h1-7H,9H2,(H4,22,23,24,25). The van der Waals surface area contributed by atoms with Gasteiger partial charge in [0, 0.05) is 23.8 Å². The summed E-state index contributed by atoms with van der Waals surface area (Å²) in [5, 5.41) is 9.35. The first kappa shape index (κ1) is 17.1. The van der Waals surface area contributed by atoms with E-state index < -0.39 is 11.6 Å². The zero-order chi connectivity index (χ0) is 18.7. The molecule has 0 spiro atoms. The molecule has 0 aliphatic carbocycles. The van der Waals surface area contributed by atoms with Crippen molar-refractivity contribution in [2.24, 2.45) is 0 Å². The highest BCUT2D eigenvalue weighted by Crippen LogP contribution is 2.29. The molecule has 8 heteroatoms. The van der Waals surface area contributed by atoms with Crippen LogP contribution in [0.5, 0.6) is 5.75 Å². The second-order valence-corrected chi connectivity index (χ2v) is 5.35. The molecular formula is C18H13F2N5O. The second kappa shape index (κ2) is 7.03. The molecular weight excluding hydrogens is 340 g/mol. The van der Waals surface area contributed by atoms with Crippen LogP contribution in [0.3, 0.4) is 0 Å². The highest BCUT2D eigenvalue weighted by Gasteiger charge is 2.16. The monoisotopic (exact) mass is 353 g/mol. The summed E-state index contributed by atoms with van der Waals surface area (Å²) in [6, 6.07) is 11.8. The number of hydrogen-bond donors (Lipinski definition) is 2. The summed E-state index contributed by atoms with van der Waals surface area (Å²) in [7, 11) is 0. The van der Waals surface area contributed by atoms with Crippen molar-refractivity contribution in [2.45, 2.75) is 6.61 Å². The molecule has 0 saturated heterocycles. The number of rotatable bonds is 4. The van der Waals surface area contributed by atoms with Crippen LogP contribution in [0.1, 0.15) is 11.1 Å². The van der Waals surface area contributed by atoms with Crippen molar-refractivity contribution < 1.29 is 13.5 Å². The number of aromatic nitrogens is 2. The number of halogens is 2. The van der Waals surface area contributed by atoms with Crippen LogP contribution >= 0.6 is 0 Å². The first-order valence-electron chi connectivity index (χ1n) is 7.48.